The topological polar surface area (TPSA) is 31.1 Å². The second-order valence-corrected chi connectivity index (χ2v) is 4.80. The molecule has 1 rings (SSSR count). The van der Waals surface area contributed by atoms with Crippen LogP contribution in [0.5, 0.6) is 0 Å². The van der Waals surface area contributed by atoms with Gasteiger partial charge in [0.1, 0.15) is 0 Å². The number of aromatic nitrogens is 1. The zero-order valence-corrected chi connectivity index (χ0v) is 10.6. The quantitative estimate of drug-likeness (QED) is 0.846. The maximum absolute atomic E-state index is 3.45. The van der Waals surface area contributed by atoms with Crippen LogP contribution >= 0.6 is 15.9 Å². The Kier molecular flexibility index (Phi) is 4.65. The van der Waals surface area contributed by atoms with Crippen LogP contribution in [0.4, 0.5) is 0 Å². The standard InChI is InChI=1S/C10H18BrN3/c1-8(7-14(2)3)12-6-10-4-9(11)5-13-10/h4-5,8,12-13H,6-7H2,1-3H3. The van der Waals surface area contributed by atoms with E-state index in [1.807, 2.05) is 6.20 Å². The van der Waals surface area contributed by atoms with Gasteiger partial charge < -0.3 is 15.2 Å². The van der Waals surface area contributed by atoms with Crippen LogP contribution < -0.4 is 5.32 Å². The molecule has 0 aromatic carbocycles. The fraction of sp³-hybridized carbons (Fsp3) is 0.600. The fourth-order valence-corrected chi connectivity index (χ4v) is 1.80. The minimum absolute atomic E-state index is 0.507. The van der Waals surface area contributed by atoms with Gasteiger partial charge in [-0.2, -0.15) is 0 Å². The fourth-order valence-electron chi connectivity index (χ4n) is 1.41. The van der Waals surface area contributed by atoms with Crippen LogP contribution in [-0.4, -0.2) is 36.6 Å². The molecule has 14 heavy (non-hydrogen) atoms. The molecule has 0 aliphatic rings. The summed E-state index contributed by atoms with van der Waals surface area (Å²) >= 11 is 3.41. The third-order valence-corrected chi connectivity index (χ3v) is 2.45. The summed E-state index contributed by atoms with van der Waals surface area (Å²) in [5.41, 5.74) is 1.21. The molecule has 1 unspecified atom stereocenters. The molecule has 1 heterocycles. The summed E-state index contributed by atoms with van der Waals surface area (Å²) in [6.07, 6.45) is 1.95. The van der Waals surface area contributed by atoms with Crippen molar-refractivity contribution in [2.75, 3.05) is 20.6 Å². The average Bonchev–Trinajstić information content (AvgIpc) is 2.47. The second-order valence-electron chi connectivity index (χ2n) is 3.89. The zero-order chi connectivity index (χ0) is 10.6. The van der Waals surface area contributed by atoms with Crippen molar-refractivity contribution in [3.05, 3.63) is 22.4 Å². The van der Waals surface area contributed by atoms with Crippen LogP contribution in [0.1, 0.15) is 12.6 Å². The van der Waals surface area contributed by atoms with Crippen LogP contribution in [0.2, 0.25) is 0 Å². The van der Waals surface area contributed by atoms with Crippen LogP contribution in [-0.2, 0) is 6.54 Å². The van der Waals surface area contributed by atoms with Gasteiger partial charge in [0.15, 0.2) is 0 Å². The normalized spacial score (nSPS) is 13.5. The summed E-state index contributed by atoms with van der Waals surface area (Å²) in [5, 5.41) is 3.45. The molecule has 1 aromatic rings. The Labute approximate surface area is 94.0 Å². The van der Waals surface area contributed by atoms with Crippen LogP contribution in [0, 0.1) is 0 Å². The van der Waals surface area contributed by atoms with Gasteiger partial charge in [0.05, 0.1) is 0 Å². The smallest absolute Gasteiger partial charge is 0.0360 e. The Hall–Kier alpha value is -0.320. The maximum atomic E-state index is 3.45. The number of nitrogens with zero attached hydrogens (tertiary/aromatic N) is 1. The molecule has 0 saturated carbocycles. The lowest BCUT2D eigenvalue weighted by Crippen LogP contribution is -2.35. The summed E-state index contributed by atoms with van der Waals surface area (Å²) < 4.78 is 1.11. The Morgan fingerprint density at radius 2 is 2.29 bits per heavy atom. The second kappa shape index (κ2) is 5.53. The van der Waals surface area contributed by atoms with E-state index in [-0.39, 0.29) is 0 Å². The third-order valence-electron chi connectivity index (χ3n) is 1.99. The van der Waals surface area contributed by atoms with Crippen LogP contribution in [0.15, 0.2) is 16.7 Å². The monoisotopic (exact) mass is 259 g/mol. The Morgan fingerprint density at radius 1 is 1.57 bits per heavy atom. The number of nitrogens with one attached hydrogen (secondary N) is 2. The summed E-state index contributed by atoms with van der Waals surface area (Å²) in [7, 11) is 4.17. The summed E-state index contributed by atoms with van der Waals surface area (Å²) in [6, 6.07) is 2.60. The number of likely N-dealkylation sites (N-methyl/N-ethyl adjacent to an activating group) is 1. The molecule has 4 heteroatoms. The largest absolute Gasteiger partial charge is 0.363 e. The van der Waals surface area contributed by atoms with Crippen molar-refractivity contribution in [2.45, 2.75) is 19.5 Å². The number of aromatic amines is 1. The van der Waals surface area contributed by atoms with Gasteiger partial charge in [0.2, 0.25) is 0 Å². The van der Waals surface area contributed by atoms with Crippen molar-refractivity contribution in [3.63, 3.8) is 0 Å². The Morgan fingerprint density at radius 3 is 2.79 bits per heavy atom. The highest BCUT2D eigenvalue weighted by atomic mass is 79.9. The lowest BCUT2D eigenvalue weighted by atomic mass is 10.3. The predicted octanol–water partition coefficient (Wildman–Crippen LogP) is 1.82. The first-order valence-corrected chi connectivity index (χ1v) is 5.58. The van der Waals surface area contributed by atoms with Gasteiger partial charge in [-0.25, -0.2) is 0 Å². The van der Waals surface area contributed by atoms with Gasteiger partial charge in [-0.1, -0.05) is 0 Å². The van der Waals surface area contributed by atoms with Gasteiger partial charge >= 0.3 is 0 Å². The molecule has 0 saturated heterocycles. The van der Waals surface area contributed by atoms with Crippen molar-refractivity contribution >= 4 is 15.9 Å². The van der Waals surface area contributed by atoms with E-state index in [0.29, 0.717) is 6.04 Å². The number of hydrogen-bond acceptors (Lipinski definition) is 2. The maximum Gasteiger partial charge on any atom is 0.0360 e. The third kappa shape index (κ3) is 4.26. The number of rotatable bonds is 5. The van der Waals surface area contributed by atoms with Crippen molar-refractivity contribution in [2.24, 2.45) is 0 Å². The minimum Gasteiger partial charge on any atom is -0.363 e. The van der Waals surface area contributed by atoms with Crippen LogP contribution in [0.3, 0.4) is 0 Å². The lowest BCUT2D eigenvalue weighted by molar-refractivity contribution is 0.348. The SMILES string of the molecule is CC(CN(C)C)NCc1cc(Br)c[nH]1. The first-order valence-electron chi connectivity index (χ1n) is 4.79. The highest BCUT2D eigenvalue weighted by Crippen LogP contribution is 2.10. The molecule has 0 fully saturated rings. The first kappa shape index (κ1) is 11.8. The van der Waals surface area contributed by atoms with Crippen molar-refractivity contribution < 1.29 is 0 Å². The molecule has 0 bridgehead atoms. The molecule has 0 spiro atoms. The Balaban J connectivity index is 2.26. The number of hydrogen-bond donors (Lipinski definition) is 2. The van der Waals surface area contributed by atoms with Gasteiger partial charge in [-0.05, 0) is 43.0 Å². The van der Waals surface area contributed by atoms with Crippen molar-refractivity contribution in [1.82, 2.24) is 15.2 Å². The molecule has 0 aliphatic heterocycles. The molecule has 0 amide bonds. The summed E-state index contributed by atoms with van der Waals surface area (Å²) in [5.74, 6) is 0. The van der Waals surface area contributed by atoms with E-state index in [9.17, 15) is 0 Å². The van der Waals surface area contributed by atoms with Crippen molar-refractivity contribution in [1.29, 1.82) is 0 Å². The highest BCUT2D eigenvalue weighted by Gasteiger charge is 2.03. The Bertz CT molecular complexity index is 270. The summed E-state index contributed by atoms with van der Waals surface area (Å²) in [4.78, 5) is 5.37. The molecule has 80 valence electrons. The molecule has 1 atom stereocenters. The van der Waals surface area contributed by atoms with Gasteiger partial charge in [0.25, 0.3) is 0 Å². The van der Waals surface area contributed by atoms with E-state index < -0.39 is 0 Å². The number of H-pyrrole nitrogens is 1. The molecule has 2 N–H and O–H groups in total. The highest BCUT2D eigenvalue weighted by molar-refractivity contribution is 9.10. The molecule has 0 radical (unpaired) electrons. The van der Waals surface area contributed by atoms with Gasteiger partial charge in [0, 0.05) is 35.5 Å². The van der Waals surface area contributed by atoms with Crippen LogP contribution in [0.25, 0.3) is 0 Å². The lowest BCUT2D eigenvalue weighted by Gasteiger charge is -2.17. The number of halogens is 1. The summed E-state index contributed by atoms with van der Waals surface area (Å²) in [6.45, 7) is 4.14. The molecular weight excluding hydrogens is 242 g/mol. The van der Waals surface area contributed by atoms with E-state index in [2.05, 4.69) is 58.2 Å². The predicted molar refractivity (Wildman–Crippen MR) is 63.3 cm³/mol. The van der Waals surface area contributed by atoms with E-state index in [0.717, 1.165) is 17.6 Å². The zero-order valence-electron chi connectivity index (χ0n) is 8.97. The average molecular weight is 260 g/mol. The van der Waals surface area contributed by atoms with Gasteiger partial charge in [-0.15, -0.1) is 0 Å². The van der Waals surface area contributed by atoms with E-state index >= 15 is 0 Å². The van der Waals surface area contributed by atoms with E-state index in [4.69, 9.17) is 0 Å². The molecule has 3 nitrogen and oxygen atoms in total. The van der Waals surface area contributed by atoms with E-state index in [1.165, 1.54) is 5.69 Å². The minimum atomic E-state index is 0.507. The molecule has 0 aliphatic carbocycles. The van der Waals surface area contributed by atoms with Gasteiger partial charge in [-0.3, -0.25) is 0 Å². The van der Waals surface area contributed by atoms with Crippen molar-refractivity contribution in [3.8, 4) is 0 Å². The first-order chi connectivity index (χ1) is 6.58. The molecular formula is C10H18BrN3. The van der Waals surface area contributed by atoms with E-state index in [1.54, 1.807) is 0 Å². The molecule has 1 aromatic heterocycles.